The molecule has 0 amide bonds. The monoisotopic (exact) mass is 156 g/mol. The fraction of sp³-hybridized carbons (Fsp3) is 1.00. The molecule has 0 aromatic heterocycles. The van der Waals surface area contributed by atoms with E-state index in [4.69, 9.17) is 0 Å². The van der Waals surface area contributed by atoms with Crippen LogP contribution in [-0.4, -0.2) is 36.9 Å². The Labute approximate surface area is 67.2 Å². The summed E-state index contributed by atoms with van der Waals surface area (Å²) in [5, 5.41) is 16.5. The van der Waals surface area contributed by atoms with Crippen molar-refractivity contribution in [3.63, 3.8) is 0 Å². The minimum atomic E-state index is -0.481. The molecule has 2 heterocycles. The highest BCUT2D eigenvalue weighted by Crippen LogP contribution is 2.33. The number of aliphatic hydroxyl groups is 1. The minimum Gasteiger partial charge on any atom is -0.387 e. The Hall–Kier alpha value is -0.120. The van der Waals surface area contributed by atoms with Crippen LogP contribution in [-0.2, 0) is 0 Å². The van der Waals surface area contributed by atoms with Gasteiger partial charge < -0.3 is 15.7 Å². The quantitative estimate of drug-likeness (QED) is 0.435. The Kier molecular flexibility index (Phi) is 1.50. The zero-order valence-electron chi connectivity index (χ0n) is 6.98. The first-order valence-corrected chi connectivity index (χ1v) is 4.26. The van der Waals surface area contributed by atoms with Crippen LogP contribution in [0.5, 0.6) is 0 Å². The number of rotatable bonds is 0. The van der Waals surface area contributed by atoms with E-state index in [1.165, 1.54) is 0 Å². The number of hydrogen-bond acceptors (Lipinski definition) is 3. The van der Waals surface area contributed by atoms with E-state index in [0.717, 1.165) is 32.6 Å². The summed E-state index contributed by atoms with van der Waals surface area (Å²) in [5.74, 6) is 0. The molecule has 3 nitrogen and oxygen atoms in total. The van der Waals surface area contributed by atoms with Crippen LogP contribution < -0.4 is 10.6 Å². The molecule has 3 heteroatoms. The van der Waals surface area contributed by atoms with Crippen molar-refractivity contribution in [3.05, 3.63) is 0 Å². The molecule has 3 N–H and O–H groups in total. The molecule has 2 aliphatic rings. The van der Waals surface area contributed by atoms with E-state index in [1.54, 1.807) is 0 Å². The summed E-state index contributed by atoms with van der Waals surface area (Å²) in [4.78, 5) is 0. The Morgan fingerprint density at radius 3 is 2.00 bits per heavy atom. The molecule has 0 atom stereocenters. The minimum absolute atomic E-state index is 0.269. The van der Waals surface area contributed by atoms with Crippen LogP contribution in [0.15, 0.2) is 0 Å². The second-order valence-electron chi connectivity index (χ2n) is 4.42. The van der Waals surface area contributed by atoms with Crippen molar-refractivity contribution < 1.29 is 5.11 Å². The molecular formula is C8H16N2O. The van der Waals surface area contributed by atoms with Gasteiger partial charge in [0.05, 0.1) is 5.60 Å². The van der Waals surface area contributed by atoms with Gasteiger partial charge in [0.1, 0.15) is 0 Å². The molecule has 2 aliphatic heterocycles. The van der Waals surface area contributed by atoms with Gasteiger partial charge in [-0.25, -0.2) is 0 Å². The van der Waals surface area contributed by atoms with Crippen molar-refractivity contribution in [1.82, 2.24) is 10.6 Å². The van der Waals surface area contributed by atoms with Crippen molar-refractivity contribution in [1.29, 1.82) is 0 Å². The summed E-state index contributed by atoms with van der Waals surface area (Å²) in [6.07, 6.45) is 0.944. The molecule has 0 radical (unpaired) electrons. The first-order valence-electron chi connectivity index (χ1n) is 4.26. The maximum absolute atomic E-state index is 9.94. The highest BCUT2D eigenvalue weighted by molar-refractivity contribution is 5.01. The van der Waals surface area contributed by atoms with Gasteiger partial charge in [-0.3, -0.25) is 0 Å². The molecule has 11 heavy (non-hydrogen) atoms. The summed E-state index contributed by atoms with van der Waals surface area (Å²) >= 11 is 0. The van der Waals surface area contributed by atoms with Gasteiger partial charge in [0, 0.05) is 26.2 Å². The largest absolute Gasteiger partial charge is 0.387 e. The molecule has 0 unspecified atom stereocenters. The topological polar surface area (TPSA) is 44.3 Å². The lowest BCUT2D eigenvalue weighted by Gasteiger charge is -2.48. The smallest absolute Gasteiger partial charge is 0.0901 e. The van der Waals surface area contributed by atoms with Crippen molar-refractivity contribution in [2.75, 3.05) is 26.2 Å². The zero-order valence-corrected chi connectivity index (χ0v) is 6.98. The normalized spacial score (nSPS) is 50.7. The summed E-state index contributed by atoms with van der Waals surface area (Å²) in [5.41, 5.74) is -0.212. The Morgan fingerprint density at radius 2 is 1.64 bits per heavy atom. The highest BCUT2D eigenvalue weighted by atomic mass is 16.3. The summed E-state index contributed by atoms with van der Waals surface area (Å²) in [6, 6.07) is 0. The number of piperidine rings is 2. The lowest BCUT2D eigenvalue weighted by atomic mass is 9.72. The maximum atomic E-state index is 9.94. The van der Waals surface area contributed by atoms with Crippen LogP contribution in [0, 0.1) is 5.41 Å². The Morgan fingerprint density at radius 1 is 1.09 bits per heavy atom. The number of nitrogens with one attached hydrogen (secondary N) is 2. The summed E-state index contributed by atoms with van der Waals surface area (Å²) < 4.78 is 0. The van der Waals surface area contributed by atoms with Crippen molar-refractivity contribution in [2.24, 2.45) is 5.41 Å². The fourth-order valence-corrected chi connectivity index (χ4v) is 2.36. The van der Waals surface area contributed by atoms with Gasteiger partial charge in [0.2, 0.25) is 0 Å². The van der Waals surface area contributed by atoms with E-state index in [0.29, 0.717) is 0 Å². The van der Waals surface area contributed by atoms with E-state index in [1.807, 2.05) is 0 Å². The van der Waals surface area contributed by atoms with Gasteiger partial charge >= 0.3 is 0 Å². The van der Waals surface area contributed by atoms with Gasteiger partial charge in [-0.1, -0.05) is 6.92 Å². The number of β-amino-alcohol motifs (C(OH)–C–C–N with tert-alkyl or cyclic N) is 1. The van der Waals surface area contributed by atoms with Gasteiger partial charge in [-0.05, 0) is 11.8 Å². The molecule has 0 saturated carbocycles. The van der Waals surface area contributed by atoms with Crippen LogP contribution in [0.1, 0.15) is 13.3 Å². The van der Waals surface area contributed by atoms with Crippen molar-refractivity contribution >= 4 is 0 Å². The molecule has 2 fully saturated rings. The van der Waals surface area contributed by atoms with Crippen LogP contribution in [0.4, 0.5) is 0 Å². The molecule has 0 aromatic rings. The first-order chi connectivity index (χ1) is 5.12. The van der Waals surface area contributed by atoms with Crippen molar-refractivity contribution in [3.8, 4) is 0 Å². The molecule has 2 bridgehead atoms. The van der Waals surface area contributed by atoms with Gasteiger partial charge in [0.25, 0.3) is 0 Å². The van der Waals surface area contributed by atoms with Crippen LogP contribution in [0.3, 0.4) is 0 Å². The Balaban J connectivity index is 2.16. The Bertz CT molecular complexity index is 143. The van der Waals surface area contributed by atoms with E-state index < -0.39 is 5.60 Å². The second-order valence-corrected chi connectivity index (χ2v) is 4.42. The third-order valence-electron chi connectivity index (χ3n) is 2.77. The lowest BCUT2D eigenvalue weighted by molar-refractivity contribution is -0.0533. The molecule has 0 spiro atoms. The van der Waals surface area contributed by atoms with E-state index in [2.05, 4.69) is 17.6 Å². The maximum Gasteiger partial charge on any atom is 0.0901 e. The van der Waals surface area contributed by atoms with Crippen LogP contribution >= 0.6 is 0 Å². The molecule has 0 aliphatic carbocycles. The van der Waals surface area contributed by atoms with E-state index >= 15 is 0 Å². The molecule has 0 aromatic carbocycles. The van der Waals surface area contributed by atoms with Crippen LogP contribution in [0.2, 0.25) is 0 Å². The van der Waals surface area contributed by atoms with E-state index in [-0.39, 0.29) is 5.41 Å². The highest BCUT2D eigenvalue weighted by Gasteiger charge is 2.43. The van der Waals surface area contributed by atoms with Gasteiger partial charge in [0.15, 0.2) is 0 Å². The summed E-state index contributed by atoms with van der Waals surface area (Å²) in [6.45, 7) is 5.77. The summed E-state index contributed by atoms with van der Waals surface area (Å²) in [7, 11) is 0. The second kappa shape index (κ2) is 2.19. The molecule has 2 saturated heterocycles. The molecule has 64 valence electrons. The average molecular weight is 156 g/mol. The van der Waals surface area contributed by atoms with Gasteiger partial charge in [-0.15, -0.1) is 0 Å². The zero-order chi connectivity index (χ0) is 7.95. The predicted octanol–water partition coefficient (Wildman–Crippen LogP) is -0.680. The van der Waals surface area contributed by atoms with Crippen LogP contribution in [0.25, 0.3) is 0 Å². The first kappa shape index (κ1) is 7.53. The van der Waals surface area contributed by atoms with E-state index in [9.17, 15) is 5.11 Å². The third kappa shape index (κ3) is 1.28. The number of hydrogen-bond donors (Lipinski definition) is 3. The average Bonchev–Trinajstić information content (AvgIpc) is 1.83. The predicted molar refractivity (Wildman–Crippen MR) is 43.4 cm³/mol. The SMILES string of the molecule is CC12CNCC(O)(CNC1)C2. The standard InChI is InChI=1S/C8H16N2O/c1-7-2-8(11,5-9-3-7)6-10-4-7/h9-11H,2-6H2,1H3. The molecule has 2 rings (SSSR count). The fourth-order valence-electron chi connectivity index (χ4n) is 2.36. The molecular weight excluding hydrogens is 140 g/mol. The van der Waals surface area contributed by atoms with Gasteiger partial charge in [-0.2, -0.15) is 0 Å². The lowest BCUT2D eigenvalue weighted by Crippen LogP contribution is -2.64. The third-order valence-corrected chi connectivity index (χ3v) is 2.77. The number of fused-ring (bicyclic) bond motifs is 2. The van der Waals surface area contributed by atoms with Crippen molar-refractivity contribution in [2.45, 2.75) is 18.9 Å².